The van der Waals surface area contributed by atoms with Crippen molar-refractivity contribution in [2.75, 3.05) is 13.2 Å². The van der Waals surface area contributed by atoms with Crippen molar-refractivity contribution in [3.05, 3.63) is 33.8 Å². The summed E-state index contributed by atoms with van der Waals surface area (Å²) in [5.41, 5.74) is 0.529. The third kappa shape index (κ3) is 12.9. The summed E-state index contributed by atoms with van der Waals surface area (Å²) in [6.45, 7) is 9.68. The van der Waals surface area contributed by atoms with Gasteiger partial charge in [0.2, 0.25) is 0 Å². The lowest BCUT2D eigenvalue weighted by Gasteiger charge is -2.11. The van der Waals surface area contributed by atoms with Crippen LogP contribution >= 0.6 is 15.9 Å². The van der Waals surface area contributed by atoms with Crippen LogP contribution in [-0.2, 0) is 9.47 Å². The SMILES string of the molecule is CC(C)CCCCCCOC(=O)c1ccc(Br)cc1C(=O)OCCCCCCC(C)C. The van der Waals surface area contributed by atoms with E-state index in [9.17, 15) is 9.59 Å². The van der Waals surface area contributed by atoms with E-state index in [0.717, 1.165) is 54.8 Å². The van der Waals surface area contributed by atoms with Gasteiger partial charge in [-0.15, -0.1) is 0 Å². The van der Waals surface area contributed by atoms with E-state index in [0.29, 0.717) is 13.2 Å². The molecule has 31 heavy (non-hydrogen) atoms. The van der Waals surface area contributed by atoms with E-state index in [-0.39, 0.29) is 11.1 Å². The van der Waals surface area contributed by atoms with Gasteiger partial charge < -0.3 is 9.47 Å². The molecule has 1 rings (SSSR count). The Morgan fingerprint density at radius 1 is 0.710 bits per heavy atom. The highest BCUT2D eigenvalue weighted by Gasteiger charge is 2.20. The van der Waals surface area contributed by atoms with Crippen LogP contribution in [0.1, 0.15) is 113 Å². The van der Waals surface area contributed by atoms with Gasteiger partial charge in [0.25, 0.3) is 0 Å². The van der Waals surface area contributed by atoms with Gasteiger partial charge >= 0.3 is 11.9 Å². The first-order valence-electron chi connectivity index (χ1n) is 11.9. The van der Waals surface area contributed by atoms with Crippen molar-refractivity contribution in [1.29, 1.82) is 0 Å². The molecular weight excluding hydrogens is 456 g/mol. The van der Waals surface area contributed by atoms with Crippen molar-refractivity contribution < 1.29 is 19.1 Å². The number of carbonyl (C=O) groups excluding carboxylic acids is 2. The predicted octanol–water partition coefficient (Wildman–Crippen LogP) is 7.98. The van der Waals surface area contributed by atoms with Gasteiger partial charge in [0.1, 0.15) is 0 Å². The molecule has 0 radical (unpaired) electrons. The molecule has 0 saturated heterocycles. The number of benzene rings is 1. The quantitative estimate of drug-likeness (QED) is 0.172. The number of hydrogen-bond donors (Lipinski definition) is 0. The Bertz CT molecular complexity index is 655. The molecule has 4 nitrogen and oxygen atoms in total. The summed E-state index contributed by atoms with van der Waals surface area (Å²) in [7, 11) is 0. The van der Waals surface area contributed by atoms with Crippen LogP contribution in [0.15, 0.2) is 22.7 Å². The molecule has 0 unspecified atom stereocenters. The molecule has 0 fully saturated rings. The van der Waals surface area contributed by atoms with E-state index >= 15 is 0 Å². The predicted molar refractivity (Wildman–Crippen MR) is 131 cm³/mol. The summed E-state index contributed by atoms with van der Waals surface area (Å²) in [4.78, 5) is 25.1. The molecular formula is C26H41BrO4. The van der Waals surface area contributed by atoms with Crippen molar-refractivity contribution in [2.24, 2.45) is 11.8 Å². The number of esters is 2. The Labute approximate surface area is 197 Å². The highest BCUT2D eigenvalue weighted by molar-refractivity contribution is 9.10. The van der Waals surface area contributed by atoms with E-state index in [4.69, 9.17) is 9.47 Å². The van der Waals surface area contributed by atoms with Gasteiger partial charge in [-0.1, -0.05) is 95.0 Å². The Kier molecular flexibility index (Phi) is 14.5. The van der Waals surface area contributed by atoms with Crippen LogP contribution in [0.4, 0.5) is 0 Å². The Morgan fingerprint density at radius 2 is 1.16 bits per heavy atom. The summed E-state index contributed by atoms with van der Waals surface area (Å²) in [6.07, 6.45) is 11.0. The smallest absolute Gasteiger partial charge is 0.339 e. The van der Waals surface area contributed by atoms with Crippen LogP contribution in [0.25, 0.3) is 0 Å². The second-order valence-corrected chi connectivity index (χ2v) is 10.1. The van der Waals surface area contributed by atoms with Crippen LogP contribution in [-0.4, -0.2) is 25.2 Å². The van der Waals surface area contributed by atoms with E-state index in [1.165, 1.54) is 25.7 Å². The number of carbonyl (C=O) groups is 2. The summed E-state index contributed by atoms with van der Waals surface area (Å²) in [5, 5.41) is 0. The summed E-state index contributed by atoms with van der Waals surface area (Å²) < 4.78 is 11.6. The molecule has 0 spiro atoms. The van der Waals surface area contributed by atoms with Crippen molar-refractivity contribution >= 4 is 27.9 Å². The van der Waals surface area contributed by atoms with E-state index in [1.54, 1.807) is 18.2 Å². The van der Waals surface area contributed by atoms with Gasteiger partial charge in [-0.2, -0.15) is 0 Å². The Balaban J connectivity index is 2.41. The summed E-state index contributed by atoms with van der Waals surface area (Å²) >= 11 is 3.37. The molecule has 1 aromatic rings. The maximum Gasteiger partial charge on any atom is 0.339 e. The molecule has 0 heterocycles. The number of halogens is 1. The zero-order valence-electron chi connectivity index (χ0n) is 19.9. The topological polar surface area (TPSA) is 52.6 Å². The first kappa shape index (κ1) is 27.7. The van der Waals surface area contributed by atoms with Crippen LogP contribution in [0.2, 0.25) is 0 Å². The molecule has 1 aromatic carbocycles. The lowest BCUT2D eigenvalue weighted by atomic mass is 10.0. The first-order valence-corrected chi connectivity index (χ1v) is 12.7. The normalized spacial score (nSPS) is 11.2. The van der Waals surface area contributed by atoms with Gasteiger partial charge in [-0.25, -0.2) is 9.59 Å². The molecule has 0 atom stereocenters. The van der Waals surface area contributed by atoms with Gasteiger partial charge in [0.15, 0.2) is 0 Å². The maximum absolute atomic E-state index is 12.6. The lowest BCUT2D eigenvalue weighted by Crippen LogP contribution is -2.15. The first-order chi connectivity index (χ1) is 14.8. The molecule has 0 bridgehead atoms. The standard InChI is InChI=1S/C26H41BrO4/c1-20(2)13-9-5-7-11-17-30-25(28)23-16-15-22(27)19-24(23)26(29)31-18-12-8-6-10-14-21(3)4/h15-16,19-21H,5-14,17-18H2,1-4H3. The van der Waals surface area contributed by atoms with Gasteiger partial charge in [-0.05, 0) is 42.9 Å². The molecule has 0 aliphatic carbocycles. The molecule has 0 amide bonds. The Hall–Kier alpha value is -1.36. The fourth-order valence-corrected chi connectivity index (χ4v) is 3.73. The second-order valence-electron chi connectivity index (χ2n) is 9.16. The van der Waals surface area contributed by atoms with E-state index in [1.807, 2.05) is 0 Å². The van der Waals surface area contributed by atoms with Crippen LogP contribution < -0.4 is 0 Å². The van der Waals surface area contributed by atoms with Gasteiger partial charge in [0, 0.05) is 4.47 Å². The molecule has 5 heteroatoms. The number of ether oxygens (including phenoxy) is 2. The summed E-state index contributed by atoms with van der Waals surface area (Å²) in [6, 6.07) is 5.00. The van der Waals surface area contributed by atoms with E-state index < -0.39 is 11.9 Å². The fourth-order valence-electron chi connectivity index (χ4n) is 3.36. The molecule has 0 aromatic heterocycles. The highest BCUT2D eigenvalue weighted by Crippen LogP contribution is 2.20. The van der Waals surface area contributed by atoms with Crippen LogP contribution in [0, 0.1) is 11.8 Å². The second kappa shape index (κ2) is 16.3. The van der Waals surface area contributed by atoms with E-state index in [2.05, 4.69) is 43.6 Å². The third-order valence-corrected chi connectivity index (χ3v) is 5.73. The Morgan fingerprint density at radius 3 is 1.65 bits per heavy atom. The van der Waals surface area contributed by atoms with Gasteiger partial charge in [-0.3, -0.25) is 0 Å². The van der Waals surface area contributed by atoms with Crippen molar-refractivity contribution in [3.63, 3.8) is 0 Å². The zero-order valence-corrected chi connectivity index (χ0v) is 21.5. The fraction of sp³-hybridized carbons (Fsp3) is 0.692. The number of rotatable bonds is 16. The lowest BCUT2D eigenvalue weighted by molar-refractivity contribution is 0.0450. The molecule has 0 N–H and O–H groups in total. The van der Waals surface area contributed by atoms with Crippen LogP contribution in [0.3, 0.4) is 0 Å². The minimum atomic E-state index is -0.468. The van der Waals surface area contributed by atoms with Crippen molar-refractivity contribution in [1.82, 2.24) is 0 Å². The minimum Gasteiger partial charge on any atom is -0.462 e. The molecule has 0 saturated carbocycles. The molecule has 0 aliphatic rings. The average Bonchev–Trinajstić information content (AvgIpc) is 2.71. The minimum absolute atomic E-state index is 0.260. The van der Waals surface area contributed by atoms with Crippen molar-refractivity contribution in [3.8, 4) is 0 Å². The third-order valence-electron chi connectivity index (χ3n) is 5.24. The van der Waals surface area contributed by atoms with Crippen LogP contribution in [0.5, 0.6) is 0 Å². The van der Waals surface area contributed by atoms with Crippen molar-refractivity contribution in [2.45, 2.75) is 91.9 Å². The monoisotopic (exact) mass is 496 g/mol. The average molecular weight is 498 g/mol. The molecule has 0 aliphatic heterocycles. The zero-order chi connectivity index (χ0) is 23.1. The largest absolute Gasteiger partial charge is 0.462 e. The number of unbranched alkanes of at least 4 members (excludes halogenated alkanes) is 6. The molecule has 176 valence electrons. The summed E-state index contributed by atoms with van der Waals surface area (Å²) in [5.74, 6) is 0.537. The highest BCUT2D eigenvalue weighted by atomic mass is 79.9. The number of hydrogen-bond acceptors (Lipinski definition) is 4. The van der Waals surface area contributed by atoms with Gasteiger partial charge in [0.05, 0.1) is 24.3 Å². The maximum atomic E-state index is 12.6.